The second-order valence-electron chi connectivity index (χ2n) is 3.93. The van der Waals surface area contributed by atoms with Crippen LogP contribution in [0.15, 0.2) is 9.52 Å². The van der Waals surface area contributed by atoms with E-state index in [1.54, 1.807) is 14.0 Å². The van der Waals surface area contributed by atoms with Crippen LogP contribution in [-0.4, -0.2) is 42.4 Å². The number of hydrogen-bond acceptors (Lipinski definition) is 5. The molecule has 19 heavy (non-hydrogen) atoms. The Kier molecular flexibility index (Phi) is 9.48. The summed E-state index contributed by atoms with van der Waals surface area (Å²) in [5.41, 5.74) is 0. The summed E-state index contributed by atoms with van der Waals surface area (Å²) in [5.74, 6) is 1.83. The first-order chi connectivity index (χ1) is 8.65. The van der Waals surface area contributed by atoms with Crippen molar-refractivity contribution in [3.05, 3.63) is 11.7 Å². The Balaban J connectivity index is 0.00000324. The molecule has 0 fully saturated rings. The van der Waals surface area contributed by atoms with Gasteiger partial charge in [-0.2, -0.15) is 4.98 Å². The van der Waals surface area contributed by atoms with Gasteiger partial charge in [0.05, 0.1) is 6.61 Å². The molecule has 7 nitrogen and oxygen atoms in total. The molecule has 1 rings (SSSR count). The fourth-order valence-corrected chi connectivity index (χ4v) is 1.40. The number of nitrogens with one attached hydrogen (secondary N) is 2. The van der Waals surface area contributed by atoms with Crippen LogP contribution in [0, 0.1) is 6.92 Å². The Morgan fingerprint density at radius 3 is 2.79 bits per heavy atom. The van der Waals surface area contributed by atoms with E-state index in [0.717, 1.165) is 6.54 Å². The number of aliphatic imine (C=N–C) groups is 1. The fourth-order valence-electron chi connectivity index (χ4n) is 1.40. The summed E-state index contributed by atoms with van der Waals surface area (Å²) in [6, 6.07) is 0.178. The summed E-state index contributed by atoms with van der Waals surface area (Å²) < 4.78 is 10.1. The van der Waals surface area contributed by atoms with Crippen molar-refractivity contribution in [2.24, 2.45) is 4.99 Å². The maximum Gasteiger partial charge on any atom is 0.248 e. The lowest BCUT2D eigenvalue weighted by atomic mass is 10.4. The average molecular weight is 383 g/mol. The third-order valence-corrected chi connectivity index (χ3v) is 2.09. The molecule has 1 aromatic heterocycles. The second kappa shape index (κ2) is 9.96. The Morgan fingerprint density at radius 1 is 1.53 bits per heavy atom. The molecule has 0 amide bonds. The van der Waals surface area contributed by atoms with Gasteiger partial charge in [-0.25, -0.2) is 4.99 Å². The van der Waals surface area contributed by atoms with Crippen LogP contribution in [-0.2, 0) is 11.3 Å². The minimum Gasteiger partial charge on any atom is -0.383 e. The van der Waals surface area contributed by atoms with Crippen LogP contribution in [0.2, 0.25) is 0 Å². The van der Waals surface area contributed by atoms with E-state index in [4.69, 9.17) is 9.26 Å². The fraction of sp³-hybridized carbons (Fsp3) is 0.727. The minimum atomic E-state index is 0. The van der Waals surface area contributed by atoms with Crippen molar-refractivity contribution >= 4 is 29.9 Å². The van der Waals surface area contributed by atoms with Crippen LogP contribution in [0.4, 0.5) is 0 Å². The number of hydrogen-bond donors (Lipinski definition) is 2. The van der Waals surface area contributed by atoms with Gasteiger partial charge in [-0.1, -0.05) is 5.16 Å². The summed E-state index contributed by atoms with van der Waals surface area (Å²) >= 11 is 0. The van der Waals surface area contributed by atoms with Gasteiger partial charge in [-0.15, -0.1) is 24.0 Å². The first-order valence-electron chi connectivity index (χ1n) is 5.98. The summed E-state index contributed by atoms with van der Waals surface area (Å²) in [6.45, 7) is 7.57. The zero-order valence-electron chi connectivity index (χ0n) is 11.8. The molecule has 1 heterocycles. The molecule has 0 spiro atoms. The predicted octanol–water partition coefficient (Wildman–Crippen LogP) is 1.09. The normalized spacial score (nSPS) is 12.7. The van der Waals surface area contributed by atoms with Crippen molar-refractivity contribution in [2.75, 3.05) is 20.3 Å². The van der Waals surface area contributed by atoms with Gasteiger partial charge < -0.3 is 19.9 Å². The van der Waals surface area contributed by atoms with Crippen LogP contribution in [0.25, 0.3) is 0 Å². The van der Waals surface area contributed by atoms with E-state index in [2.05, 4.69) is 25.8 Å². The summed E-state index contributed by atoms with van der Waals surface area (Å²) in [5, 5.41) is 10.1. The molecule has 0 aliphatic carbocycles. The number of nitrogens with zero attached hydrogens (tertiary/aromatic N) is 3. The molecule has 0 bridgehead atoms. The Morgan fingerprint density at radius 2 is 2.26 bits per heavy atom. The largest absolute Gasteiger partial charge is 0.383 e. The maximum absolute atomic E-state index is 5.06. The molecule has 1 unspecified atom stereocenters. The molecule has 0 aliphatic heterocycles. The summed E-state index contributed by atoms with van der Waals surface area (Å²) in [6.07, 6.45) is 0. The highest BCUT2D eigenvalue weighted by Gasteiger charge is 2.06. The van der Waals surface area contributed by atoms with Gasteiger partial charge in [0.25, 0.3) is 0 Å². The third kappa shape index (κ3) is 7.31. The number of rotatable bonds is 6. The maximum atomic E-state index is 5.06. The predicted molar refractivity (Wildman–Crippen MR) is 83.7 cm³/mol. The van der Waals surface area contributed by atoms with E-state index in [1.807, 2.05) is 13.8 Å². The molecular weight excluding hydrogens is 361 g/mol. The molecule has 2 N–H and O–H groups in total. The van der Waals surface area contributed by atoms with Gasteiger partial charge in [0.1, 0.15) is 6.54 Å². The smallest absolute Gasteiger partial charge is 0.248 e. The van der Waals surface area contributed by atoms with Gasteiger partial charge in [0, 0.05) is 19.7 Å². The summed E-state index contributed by atoms with van der Waals surface area (Å²) in [7, 11) is 1.67. The number of ether oxygens (including phenoxy) is 1. The highest BCUT2D eigenvalue weighted by molar-refractivity contribution is 14.0. The van der Waals surface area contributed by atoms with Crippen molar-refractivity contribution in [1.82, 2.24) is 20.8 Å². The SMILES string of the molecule is CCNC(=NCc1nc(C)no1)NC(C)COC.I. The topological polar surface area (TPSA) is 84.6 Å². The van der Waals surface area contributed by atoms with Crippen LogP contribution in [0.1, 0.15) is 25.6 Å². The molecule has 110 valence electrons. The van der Waals surface area contributed by atoms with Gasteiger partial charge in [-0.05, 0) is 20.8 Å². The standard InChI is InChI=1S/C11H21N5O2.HI/c1-5-12-11(14-8(2)7-17-4)13-6-10-15-9(3)16-18-10;/h8H,5-7H2,1-4H3,(H2,12,13,14);1H. The van der Waals surface area contributed by atoms with E-state index < -0.39 is 0 Å². The number of aromatic nitrogens is 2. The van der Waals surface area contributed by atoms with E-state index in [-0.39, 0.29) is 30.0 Å². The molecule has 1 atom stereocenters. The lowest BCUT2D eigenvalue weighted by Crippen LogP contribution is -2.43. The Labute approximate surface area is 130 Å². The van der Waals surface area contributed by atoms with E-state index >= 15 is 0 Å². The van der Waals surface area contributed by atoms with Crippen molar-refractivity contribution in [1.29, 1.82) is 0 Å². The number of guanidine groups is 1. The van der Waals surface area contributed by atoms with Crippen molar-refractivity contribution in [2.45, 2.75) is 33.4 Å². The Hall–Kier alpha value is -0.900. The van der Waals surface area contributed by atoms with Crippen molar-refractivity contribution < 1.29 is 9.26 Å². The molecule has 0 aromatic carbocycles. The van der Waals surface area contributed by atoms with Crippen LogP contribution in [0.5, 0.6) is 0 Å². The molecule has 0 radical (unpaired) electrons. The third-order valence-electron chi connectivity index (χ3n) is 2.09. The highest BCUT2D eigenvalue weighted by atomic mass is 127. The van der Waals surface area contributed by atoms with Gasteiger partial charge in [0.15, 0.2) is 11.8 Å². The molecule has 1 aromatic rings. The molecule has 0 saturated carbocycles. The van der Waals surface area contributed by atoms with E-state index in [1.165, 1.54) is 0 Å². The minimum absolute atomic E-state index is 0. The molecule has 0 saturated heterocycles. The lowest BCUT2D eigenvalue weighted by Gasteiger charge is -2.16. The monoisotopic (exact) mass is 383 g/mol. The first-order valence-corrected chi connectivity index (χ1v) is 5.98. The zero-order valence-corrected chi connectivity index (χ0v) is 14.1. The van der Waals surface area contributed by atoms with E-state index in [9.17, 15) is 0 Å². The second-order valence-corrected chi connectivity index (χ2v) is 3.93. The Bertz CT molecular complexity index is 383. The van der Waals surface area contributed by atoms with Gasteiger partial charge in [-0.3, -0.25) is 0 Å². The molecule has 0 aliphatic rings. The number of halogens is 1. The zero-order chi connectivity index (χ0) is 13.4. The lowest BCUT2D eigenvalue weighted by molar-refractivity contribution is 0.179. The molecular formula is C11H22IN5O2. The van der Waals surface area contributed by atoms with Crippen molar-refractivity contribution in [3.8, 4) is 0 Å². The van der Waals surface area contributed by atoms with E-state index in [0.29, 0.717) is 30.8 Å². The van der Waals surface area contributed by atoms with Crippen molar-refractivity contribution in [3.63, 3.8) is 0 Å². The quantitative estimate of drug-likeness (QED) is 0.435. The van der Waals surface area contributed by atoms with Crippen LogP contribution >= 0.6 is 24.0 Å². The average Bonchev–Trinajstić information content (AvgIpc) is 2.73. The van der Waals surface area contributed by atoms with Crippen LogP contribution < -0.4 is 10.6 Å². The summed E-state index contributed by atoms with van der Waals surface area (Å²) in [4.78, 5) is 8.46. The first kappa shape index (κ1) is 18.1. The van der Waals surface area contributed by atoms with Gasteiger partial charge in [0.2, 0.25) is 5.89 Å². The molecule has 8 heteroatoms. The number of methoxy groups -OCH3 is 1. The van der Waals surface area contributed by atoms with Crippen LogP contribution in [0.3, 0.4) is 0 Å². The highest BCUT2D eigenvalue weighted by Crippen LogP contribution is 1.97. The van der Waals surface area contributed by atoms with Gasteiger partial charge >= 0.3 is 0 Å². The number of aryl methyl sites for hydroxylation is 1.